The van der Waals surface area contributed by atoms with Gasteiger partial charge in [-0.05, 0) is 25.0 Å². The first-order valence-corrected chi connectivity index (χ1v) is 7.09. The third-order valence-corrected chi connectivity index (χ3v) is 3.03. The van der Waals surface area contributed by atoms with Crippen LogP contribution in [0.2, 0.25) is 0 Å². The maximum Gasteiger partial charge on any atom is 0.349 e. The minimum atomic E-state index is -0.597. The molecule has 2 rings (SSSR count). The van der Waals surface area contributed by atoms with Crippen molar-refractivity contribution in [3.63, 3.8) is 0 Å². The summed E-state index contributed by atoms with van der Waals surface area (Å²) in [5, 5.41) is 9.49. The Morgan fingerprint density at radius 3 is 1.77 bits per heavy atom. The summed E-state index contributed by atoms with van der Waals surface area (Å²) in [7, 11) is 0. The molecule has 0 radical (unpaired) electrons. The van der Waals surface area contributed by atoms with Crippen LogP contribution in [0.3, 0.4) is 0 Å². The van der Waals surface area contributed by atoms with Crippen molar-refractivity contribution >= 4 is 11.5 Å². The van der Waals surface area contributed by atoms with Crippen LogP contribution in [0, 0.1) is 11.3 Å². The highest BCUT2D eigenvalue weighted by molar-refractivity contribution is 6.05. The highest BCUT2D eigenvalue weighted by Gasteiger charge is 2.20. The van der Waals surface area contributed by atoms with Crippen molar-refractivity contribution in [3.05, 3.63) is 77.4 Å². The van der Waals surface area contributed by atoms with Gasteiger partial charge in [-0.3, -0.25) is 0 Å². The molecule has 3 heteroatoms. The molecule has 0 aromatic heterocycles. The average Bonchev–Trinajstić information content (AvgIpc) is 2.53. The van der Waals surface area contributed by atoms with E-state index in [2.05, 4.69) is 0 Å². The van der Waals surface area contributed by atoms with E-state index in [1.54, 1.807) is 13.8 Å². The van der Waals surface area contributed by atoms with E-state index in [1.165, 1.54) is 0 Å². The van der Waals surface area contributed by atoms with E-state index in [4.69, 9.17) is 4.74 Å². The van der Waals surface area contributed by atoms with E-state index < -0.39 is 5.97 Å². The van der Waals surface area contributed by atoms with Gasteiger partial charge in [0.05, 0.1) is 6.10 Å². The number of ether oxygens (including phenoxy) is 1. The standard InChI is InChI=1S/C19H17NO2/c1-14(2)22-19(21)17(13-20)18(15-9-5-3-6-10-15)16-11-7-4-8-12-16/h3-12,14H,1-2H3. The number of hydrogen-bond acceptors (Lipinski definition) is 3. The summed E-state index contributed by atoms with van der Waals surface area (Å²) >= 11 is 0. The first-order chi connectivity index (χ1) is 10.6. The molecule has 0 heterocycles. The number of carbonyl (C=O) groups excluding carboxylic acids is 1. The molecule has 110 valence electrons. The van der Waals surface area contributed by atoms with Crippen molar-refractivity contribution in [1.29, 1.82) is 5.26 Å². The summed E-state index contributed by atoms with van der Waals surface area (Å²) in [6.07, 6.45) is -0.274. The molecule has 2 aromatic carbocycles. The first-order valence-electron chi connectivity index (χ1n) is 7.09. The Bertz CT molecular complexity index is 669. The zero-order valence-electron chi connectivity index (χ0n) is 12.6. The molecular weight excluding hydrogens is 274 g/mol. The summed E-state index contributed by atoms with van der Waals surface area (Å²) in [5.74, 6) is -0.597. The number of hydrogen-bond donors (Lipinski definition) is 0. The SMILES string of the molecule is CC(C)OC(=O)C(C#N)=C(c1ccccc1)c1ccccc1. The number of carbonyl (C=O) groups is 1. The highest BCUT2D eigenvalue weighted by Crippen LogP contribution is 2.27. The van der Waals surface area contributed by atoms with Crippen LogP contribution in [0.25, 0.3) is 5.57 Å². The zero-order valence-corrected chi connectivity index (χ0v) is 12.6. The molecule has 0 bridgehead atoms. The molecule has 0 unspecified atom stereocenters. The number of rotatable bonds is 4. The predicted molar refractivity (Wildman–Crippen MR) is 85.7 cm³/mol. The summed E-state index contributed by atoms with van der Waals surface area (Å²) < 4.78 is 5.21. The molecule has 0 aliphatic carbocycles. The number of esters is 1. The molecule has 0 aliphatic rings. The van der Waals surface area contributed by atoms with Crippen molar-refractivity contribution in [2.45, 2.75) is 20.0 Å². The van der Waals surface area contributed by atoms with Gasteiger partial charge in [0.15, 0.2) is 0 Å². The van der Waals surface area contributed by atoms with Gasteiger partial charge >= 0.3 is 5.97 Å². The summed E-state index contributed by atoms with van der Waals surface area (Å²) in [6.45, 7) is 3.52. The fourth-order valence-corrected chi connectivity index (χ4v) is 2.14. The molecule has 3 nitrogen and oxygen atoms in total. The molecule has 0 fully saturated rings. The lowest BCUT2D eigenvalue weighted by atomic mass is 9.93. The van der Waals surface area contributed by atoms with E-state index in [9.17, 15) is 10.1 Å². The van der Waals surface area contributed by atoms with Gasteiger partial charge in [-0.25, -0.2) is 4.79 Å². The Morgan fingerprint density at radius 1 is 0.955 bits per heavy atom. The van der Waals surface area contributed by atoms with E-state index in [-0.39, 0.29) is 11.7 Å². The lowest BCUT2D eigenvalue weighted by molar-refractivity contribution is -0.142. The van der Waals surface area contributed by atoms with Crippen LogP contribution in [-0.4, -0.2) is 12.1 Å². The van der Waals surface area contributed by atoms with Gasteiger partial charge in [0, 0.05) is 5.57 Å². The normalized spacial score (nSPS) is 9.91. The Kier molecular flexibility index (Phi) is 5.11. The fourth-order valence-electron chi connectivity index (χ4n) is 2.14. The van der Waals surface area contributed by atoms with Crippen LogP contribution < -0.4 is 0 Å². The summed E-state index contributed by atoms with van der Waals surface area (Å²) in [6, 6.07) is 20.8. The maximum atomic E-state index is 12.3. The van der Waals surface area contributed by atoms with Crippen LogP contribution in [0.5, 0.6) is 0 Å². The lowest BCUT2D eigenvalue weighted by Gasteiger charge is -2.13. The zero-order chi connectivity index (χ0) is 15.9. The van der Waals surface area contributed by atoms with Crippen LogP contribution in [0.1, 0.15) is 25.0 Å². The fraction of sp³-hybridized carbons (Fsp3) is 0.158. The highest BCUT2D eigenvalue weighted by atomic mass is 16.5. The van der Waals surface area contributed by atoms with Gasteiger partial charge in [0.1, 0.15) is 11.6 Å². The third kappa shape index (κ3) is 3.62. The average molecular weight is 291 g/mol. The topological polar surface area (TPSA) is 50.1 Å². The number of benzene rings is 2. The summed E-state index contributed by atoms with van der Waals surface area (Å²) in [5.41, 5.74) is 2.23. The molecule has 0 N–H and O–H groups in total. The van der Waals surface area contributed by atoms with E-state index in [0.29, 0.717) is 5.57 Å². The molecule has 0 atom stereocenters. The van der Waals surface area contributed by atoms with Crippen LogP contribution in [-0.2, 0) is 9.53 Å². The molecule has 0 saturated carbocycles. The van der Waals surface area contributed by atoms with Crippen molar-refractivity contribution in [2.75, 3.05) is 0 Å². The smallest absolute Gasteiger partial charge is 0.349 e. The Labute approximate surface area is 130 Å². The van der Waals surface area contributed by atoms with Crippen LogP contribution in [0.15, 0.2) is 66.2 Å². The van der Waals surface area contributed by atoms with Gasteiger partial charge in [-0.2, -0.15) is 5.26 Å². The van der Waals surface area contributed by atoms with Crippen molar-refractivity contribution < 1.29 is 9.53 Å². The monoisotopic (exact) mass is 291 g/mol. The predicted octanol–water partition coefficient (Wildman–Crippen LogP) is 3.96. The number of nitrogens with zero attached hydrogens (tertiary/aromatic N) is 1. The molecule has 0 aliphatic heterocycles. The Balaban J connectivity index is 2.64. The summed E-state index contributed by atoms with van der Waals surface area (Å²) in [4.78, 5) is 12.3. The molecule has 0 spiro atoms. The number of nitriles is 1. The van der Waals surface area contributed by atoms with E-state index >= 15 is 0 Å². The molecular formula is C19H17NO2. The molecule has 2 aromatic rings. The molecule has 22 heavy (non-hydrogen) atoms. The van der Waals surface area contributed by atoms with Crippen molar-refractivity contribution in [3.8, 4) is 6.07 Å². The second-order valence-corrected chi connectivity index (χ2v) is 5.05. The molecule has 0 amide bonds. The van der Waals surface area contributed by atoms with Crippen molar-refractivity contribution in [2.24, 2.45) is 0 Å². The van der Waals surface area contributed by atoms with E-state index in [1.807, 2.05) is 66.7 Å². The van der Waals surface area contributed by atoms with Crippen LogP contribution in [0.4, 0.5) is 0 Å². The van der Waals surface area contributed by atoms with Crippen LogP contribution >= 0.6 is 0 Å². The quantitative estimate of drug-likeness (QED) is 0.486. The van der Waals surface area contributed by atoms with E-state index in [0.717, 1.165) is 11.1 Å². The first kappa shape index (κ1) is 15.5. The lowest BCUT2D eigenvalue weighted by Crippen LogP contribution is -2.14. The second kappa shape index (κ2) is 7.24. The second-order valence-electron chi connectivity index (χ2n) is 5.05. The van der Waals surface area contributed by atoms with Gasteiger partial charge < -0.3 is 4.74 Å². The van der Waals surface area contributed by atoms with Gasteiger partial charge in [0.25, 0.3) is 0 Å². The van der Waals surface area contributed by atoms with Gasteiger partial charge in [-0.15, -0.1) is 0 Å². The largest absolute Gasteiger partial charge is 0.459 e. The molecule has 0 saturated heterocycles. The Morgan fingerprint density at radius 2 is 1.41 bits per heavy atom. The minimum absolute atomic E-state index is 0.0195. The Hall–Kier alpha value is -2.86. The van der Waals surface area contributed by atoms with Gasteiger partial charge in [-0.1, -0.05) is 60.7 Å². The van der Waals surface area contributed by atoms with Crippen molar-refractivity contribution in [1.82, 2.24) is 0 Å². The third-order valence-electron chi connectivity index (χ3n) is 3.03. The maximum absolute atomic E-state index is 12.3. The minimum Gasteiger partial charge on any atom is -0.459 e. The van der Waals surface area contributed by atoms with Gasteiger partial charge in [0.2, 0.25) is 0 Å².